The molecule has 3 aromatic rings. The van der Waals surface area contributed by atoms with Crippen LogP contribution in [0.2, 0.25) is 0 Å². The maximum absolute atomic E-state index is 12.0. The molecule has 0 aliphatic rings. The van der Waals surface area contributed by atoms with Crippen molar-refractivity contribution in [2.24, 2.45) is 5.10 Å². The number of thioether (sulfide) groups is 2. The van der Waals surface area contributed by atoms with E-state index in [-0.39, 0.29) is 17.4 Å². The lowest BCUT2D eigenvalue weighted by Crippen LogP contribution is -2.21. The Kier molecular flexibility index (Phi) is 7.46. The molecule has 3 rings (SSSR count). The van der Waals surface area contributed by atoms with Gasteiger partial charge in [-0.25, -0.2) is 5.43 Å². The maximum atomic E-state index is 12.0. The van der Waals surface area contributed by atoms with Crippen LogP contribution >= 0.6 is 34.9 Å². The third-order valence-electron chi connectivity index (χ3n) is 3.58. The molecule has 0 radical (unpaired) electrons. The fourth-order valence-electron chi connectivity index (χ4n) is 2.19. The molecule has 1 heterocycles. The number of benzene rings is 2. The summed E-state index contributed by atoms with van der Waals surface area (Å²) in [5, 5.41) is 23.0. The van der Waals surface area contributed by atoms with Gasteiger partial charge in [0, 0.05) is 10.9 Å². The van der Waals surface area contributed by atoms with Crippen LogP contribution in [0.25, 0.3) is 0 Å². The molecule has 0 bridgehead atoms. The van der Waals surface area contributed by atoms with Crippen molar-refractivity contribution < 1.29 is 15.0 Å². The largest absolute Gasteiger partial charge is 0.872 e. The van der Waals surface area contributed by atoms with E-state index in [4.69, 9.17) is 0 Å². The summed E-state index contributed by atoms with van der Waals surface area (Å²) in [6.45, 7) is 1.69. The summed E-state index contributed by atoms with van der Waals surface area (Å²) in [6, 6.07) is 16.8. The van der Waals surface area contributed by atoms with Crippen molar-refractivity contribution >= 4 is 46.5 Å². The van der Waals surface area contributed by atoms with Crippen molar-refractivity contribution in [3.05, 3.63) is 65.7 Å². The number of carbonyl (C=O) groups excluding carboxylic acids is 1. The summed E-state index contributed by atoms with van der Waals surface area (Å²) in [5.41, 5.74) is 4.68. The number of para-hydroxylation sites is 1. The van der Waals surface area contributed by atoms with E-state index in [1.165, 1.54) is 34.7 Å². The maximum Gasteiger partial charge on any atom is 0.323 e. The second kappa shape index (κ2) is 10.3. The van der Waals surface area contributed by atoms with Crippen LogP contribution in [0.5, 0.6) is 5.75 Å². The molecular weight excluding hydrogens is 412 g/mol. The zero-order valence-electron chi connectivity index (χ0n) is 15.0. The predicted octanol–water partition coefficient (Wildman–Crippen LogP) is 2.96. The Morgan fingerprint density at radius 2 is 1.93 bits per heavy atom. The summed E-state index contributed by atoms with van der Waals surface area (Å²) >= 11 is 4.54. The fraction of sp³-hybridized carbons (Fsp3) is 0.158. The minimum Gasteiger partial charge on any atom is -0.872 e. The minimum atomic E-state index is -0.249. The quantitative estimate of drug-likeness (QED) is 0.337. The third-order valence-corrected chi connectivity index (χ3v) is 6.91. The van der Waals surface area contributed by atoms with E-state index in [1.54, 1.807) is 36.9 Å². The Labute approximate surface area is 175 Å². The predicted molar refractivity (Wildman–Crippen MR) is 112 cm³/mol. The Morgan fingerprint density at radius 3 is 2.71 bits per heavy atom. The molecule has 0 spiro atoms. The van der Waals surface area contributed by atoms with Crippen molar-refractivity contribution in [2.75, 3.05) is 5.75 Å². The van der Waals surface area contributed by atoms with Crippen molar-refractivity contribution in [3.63, 3.8) is 0 Å². The lowest BCUT2D eigenvalue weighted by molar-refractivity contribution is -0.492. The van der Waals surface area contributed by atoms with Crippen LogP contribution in [0.1, 0.15) is 18.1 Å². The molecule has 0 aliphatic heterocycles. The Balaban J connectivity index is 1.45. The van der Waals surface area contributed by atoms with Gasteiger partial charge in [-0.2, -0.15) is 5.10 Å². The summed E-state index contributed by atoms with van der Waals surface area (Å²) in [7, 11) is 0. The summed E-state index contributed by atoms with van der Waals surface area (Å²) < 4.78 is 1.78. The number of carbonyl (C=O) groups is 1. The van der Waals surface area contributed by atoms with E-state index < -0.39 is 0 Å². The topological polar surface area (TPSA) is 91.6 Å². The normalized spacial score (nSPS) is 11.4. The van der Waals surface area contributed by atoms with Gasteiger partial charge in [0.1, 0.15) is 0 Å². The SMILES string of the molecule is CC(=NNC(=O)CSc1n[nH+]c(SCc2ccccc2)s1)c1ccccc1[O-]. The van der Waals surface area contributed by atoms with Crippen molar-refractivity contribution in [3.8, 4) is 5.75 Å². The monoisotopic (exact) mass is 430 g/mol. The first-order valence-electron chi connectivity index (χ1n) is 8.39. The number of rotatable bonds is 8. The second-order valence-electron chi connectivity index (χ2n) is 5.67. The molecule has 0 atom stereocenters. The highest BCUT2D eigenvalue weighted by Crippen LogP contribution is 2.28. The second-order valence-corrected chi connectivity index (χ2v) is 9.14. The summed E-state index contributed by atoms with van der Waals surface area (Å²) in [4.78, 5) is 12.0. The first-order chi connectivity index (χ1) is 13.6. The summed E-state index contributed by atoms with van der Waals surface area (Å²) in [5.74, 6) is 0.687. The minimum absolute atomic E-state index is 0.119. The standard InChI is InChI=1S/C19H18N4O2S3/c1-13(15-9-5-6-10-16(15)24)20-21-17(25)12-27-19-23-22-18(28-19)26-11-14-7-3-2-4-8-14/h2-10,24H,11-12H2,1H3,(H,21,25). The number of H-pyrrole nitrogens is 1. The molecule has 0 unspecified atom stereocenters. The van der Waals surface area contributed by atoms with Crippen molar-refractivity contribution in [1.82, 2.24) is 10.5 Å². The number of nitrogens with zero attached hydrogens (tertiary/aromatic N) is 2. The molecule has 1 aromatic heterocycles. The van der Waals surface area contributed by atoms with Gasteiger partial charge < -0.3 is 5.11 Å². The summed E-state index contributed by atoms with van der Waals surface area (Å²) in [6.07, 6.45) is 0. The van der Waals surface area contributed by atoms with Crippen LogP contribution in [0.4, 0.5) is 0 Å². The van der Waals surface area contributed by atoms with E-state index in [9.17, 15) is 9.90 Å². The first kappa shape index (κ1) is 20.4. The lowest BCUT2D eigenvalue weighted by Gasteiger charge is -2.12. The zero-order chi connectivity index (χ0) is 19.8. The third kappa shape index (κ3) is 6.08. The van der Waals surface area contributed by atoms with E-state index in [2.05, 4.69) is 32.9 Å². The molecule has 1 amide bonds. The highest BCUT2D eigenvalue weighted by molar-refractivity contribution is 8.03. The highest BCUT2D eigenvalue weighted by Gasteiger charge is 2.13. The Bertz CT molecular complexity index is 961. The smallest absolute Gasteiger partial charge is 0.323 e. The van der Waals surface area contributed by atoms with E-state index >= 15 is 0 Å². The zero-order valence-corrected chi connectivity index (χ0v) is 17.5. The van der Waals surface area contributed by atoms with Crippen LogP contribution in [-0.2, 0) is 10.5 Å². The molecular formula is C19H18N4O2S3. The number of hydrogen-bond donors (Lipinski definition) is 1. The molecule has 2 N–H and O–H groups in total. The molecule has 0 saturated carbocycles. The number of hydrazone groups is 1. The lowest BCUT2D eigenvalue weighted by atomic mass is 10.1. The van der Waals surface area contributed by atoms with Gasteiger partial charge in [-0.15, -0.1) is 0 Å². The Morgan fingerprint density at radius 1 is 1.18 bits per heavy atom. The van der Waals surface area contributed by atoms with Gasteiger partial charge in [0.25, 0.3) is 5.91 Å². The van der Waals surface area contributed by atoms with Gasteiger partial charge in [0.15, 0.2) is 0 Å². The van der Waals surface area contributed by atoms with Crippen LogP contribution in [-0.4, -0.2) is 22.5 Å². The van der Waals surface area contributed by atoms with Crippen molar-refractivity contribution in [2.45, 2.75) is 21.4 Å². The van der Waals surface area contributed by atoms with Crippen LogP contribution < -0.4 is 15.6 Å². The first-order valence-corrected chi connectivity index (χ1v) is 11.2. The molecule has 0 fully saturated rings. The Hall–Kier alpha value is -2.36. The number of aromatic amines is 1. The van der Waals surface area contributed by atoms with Gasteiger partial charge >= 0.3 is 4.34 Å². The molecule has 0 saturated heterocycles. The molecule has 28 heavy (non-hydrogen) atoms. The van der Waals surface area contributed by atoms with Gasteiger partial charge in [0.2, 0.25) is 4.34 Å². The number of nitrogens with one attached hydrogen (secondary N) is 2. The highest BCUT2D eigenvalue weighted by atomic mass is 32.2. The van der Waals surface area contributed by atoms with E-state index in [0.29, 0.717) is 11.3 Å². The fourth-order valence-corrected chi connectivity index (χ4v) is 5.04. The molecule has 6 nitrogen and oxygen atoms in total. The number of amides is 1. The molecule has 0 aliphatic carbocycles. The number of aromatic nitrogens is 2. The molecule has 2 aromatic carbocycles. The van der Waals surface area contributed by atoms with E-state index in [0.717, 1.165) is 14.4 Å². The average Bonchev–Trinajstić information content (AvgIpc) is 3.18. The van der Waals surface area contributed by atoms with Crippen molar-refractivity contribution in [1.29, 1.82) is 0 Å². The van der Waals surface area contributed by atoms with E-state index in [1.807, 2.05) is 18.2 Å². The van der Waals surface area contributed by atoms with Gasteiger partial charge in [0.05, 0.1) is 11.5 Å². The van der Waals surface area contributed by atoms with Gasteiger partial charge in [-0.3, -0.25) is 4.79 Å². The average molecular weight is 431 g/mol. The van der Waals surface area contributed by atoms with Crippen LogP contribution in [0, 0.1) is 0 Å². The molecule has 144 valence electrons. The van der Waals surface area contributed by atoms with Gasteiger partial charge in [-0.05, 0) is 41.1 Å². The van der Waals surface area contributed by atoms with Crippen LogP contribution in [0.3, 0.4) is 0 Å². The van der Waals surface area contributed by atoms with Crippen LogP contribution in [0.15, 0.2) is 68.4 Å². The van der Waals surface area contributed by atoms with Gasteiger partial charge in [-0.1, -0.05) is 77.2 Å². The number of hydrogen-bond acceptors (Lipinski definition) is 7. The molecule has 9 heteroatoms.